The highest BCUT2D eigenvalue weighted by molar-refractivity contribution is 6.35. The van der Waals surface area contributed by atoms with Crippen molar-refractivity contribution in [3.8, 4) is 5.75 Å². The second-order valence-corrected chi connectivity index (χ2v) is 3.48. The number of nitrogens with zero attached hydrogens (tertiary/aromatic N) is 3. The van der Waals surface area contributed by atoms with Crippen LogP contribution in [-0.2, 0) is 0 Å². The first-order valence-corrected chi connectivity index (χ1v) is 4.76. The van der Waals surface area contributed by atoms with E-state index in [-0.39, 0.29) is 17.3 Å². The zero-order valence-electron chi connectivity index (χ0n) is 7.56. The second-order valence-electron chi connectivity index (χ2n) is 2.64. The van der Waals surface area contributed by atoms with Crippen LogP contribution in [0.4, 0.5) is 0 Å². The number of benzene rings is 1. The molecule has 0 fully saturated rings. The molecule has 0 radical (unpaired) electrons. The van der Waals surface area contributed by atoms with Gasteiger partial charge in [-0.3, -0.25) is 0 Å². The number of halogens is 2. The first kappa shape index (κ1) is 11.7. The Morgan fingerprint density at radius 3 is 2.87 bits per heavy atom. The smallest absolute Gasteiger partial charge is 0.141 e. The first-order valence-electron chi connectivity index (χ1n) is 4.00. The quantitative estimate of drug-likeness (QED) is 0.486. The number of rotatable bonds is 3. The Bertz CT molecular complexity index is 439. The molecule has 0 atom stereocenters. The summed E-state index contributed by atoms with van der Waals surface area (Å²) in [4.78, 5) is 2.58. The lowest BCUT2D eigenvalue weighted by Gasteiger charge is -2.02. The first-order chi connectivity index (χ1) is 7.15. The predicted octanol–water partition coefficient (Wildman–Crippen LogP) is 4.02. The summed E-state index contributed by atoms with van der Waals surface area (Å²) in [6.07, 6.45) is 3.18. The van der Waals surface area contributed by atoms with E-state index in [4.69, 9.17) is 28.7 Å². The number of phenolic OH excluding ortho intramolecular Hbond substituents is 1. The molecule has 0 spiro atoms. The molecule has 1 aromatic rings. The summed E-state index contributed by atoms with van der Waals surface area (Å²) >= 11 is 11.5. The molecule has 0 unspecified atom stereocenters. The maximum Gasteiger partial charge on any atom is 0.141 e. The van der Waals surface area contributed by atoms with E-state index in [9.17, 15) is 5.11 Å². The number of hydrogen-bond donors (Lipinski definition) is 1. The summed E-state index contributed by atoms with van der Waals surface area (Å²) in [5.74, 6) is -0.0433. The SMILES string of the molecule is [N-]=[N+]=NCC=Cc1cc(Cl)cc(Cl)c1O. The Balaban J connectivity index is 2.94. The zero-order valence-corrected chi connectivity index (χ0v) is 9.07. The van der Waals surface area contributed by atoms with Gasteiger partial charge in [0.1, 0.15) is 5.75 Å². The molecule has 15 heavy (non-hydrogen) atoms. The molecule has 78 valence electrons. The van der Waals surface area contributed by atoms with Crippen LogP contribution < -0.4 is 0 Å². The van der Waals surface area contributed by atoms with Gasteiger partial charge in [-0.25, -0.2) is 0 Å². The zero-order chi connectivity index (χ0) is 11.3. The van der Waals surface area contributed by atoms with Crippen molar-refractivity contribution in [1.29, 1.82) is 0 Å². The maximum absolute atomic E-state index is 9.53. The Morgan fingerprint density at radius 2 is 2.20 bits per heavy atom. The molecule has 0 aliphatic rings. The molecule has 0 amide bonds. The van der Waals surface area contributed by atoms with Gasteiger partial charge in [-0.2, -0.15) is 0 Å². The van der Waals surface area contributed by atoms with Crippen LogP contribution in [0.2, 0.25) is 10.0 Å². The van der Waals surface area contributed by atoms with Crippen LogP contribution in [0.25, 0.3) is 16.5 Å². The molecular formula is C9H7Cl2N3O. The van der Waals surface area contributed by atoms with Crippen molar-refractivity contribution >= 4 is 29.3 Å². The molecular weight excluding hydrogens is 237 g/mol. The van der Waals surface area contributed by atoms with Crippen LogP contribution in [0.5, 0.6) is 5.75 Å². The van der Waals surface area contributed by atoms with Crippen molar-refractivity contribution in [2.24, 2.45) is 5.11 Å². The lowest BCUT2D eigenvalue weighted by Crippen LogP contribution is -1.78. The molecule has 0 bridgehead atoms. The minimum Gasteiger partial charge on any atom is -0.506 e. The average molecular weight is 244 g/mol. The van der Waals surface area contributed by atoms with Crippen LogP contribution in [-0.4, -0.2) is 11.7 Å². The fourth-order valence-electron chi connectivity index (χ4n) is 0.976. The molecule has 0 aromatic heterocycles. The highest BCUT2D eigenvalue weighted by Gasteiger charge is 2.04. The highest BCUT2D eigenvalue weighted by Crippen LogP contribution is 2.31. The van der Waals surface area contributed by atoms with E-state index in [1.807, 2.05) is 0 Å². The van der Waals surface area contributed by atoms with Crippen LogP contribution >= 0.6 is 23.2 Å². The van der Waals surface area contributed by atoms with E-state index in [2.05, 4.69) is 10.0 Å². The van der Waals surface area contributed by atoms with Crippen LogP contribution in [0.1, 0.15) is 5.56 Å². The number of aromatic hydroxyl groups is 1. The fraction of sp³-hybridized carbons (Fsp3) is 0.111. The number of phenols is 1. The third kappa shape index (κ3) is 3.36. The van der Waals surface area contributed by atoms with Gasteiger partial charge in [-0.05, 0) is 17.7 Å². The van der Waals surface area contributed by atoms with Crippen molar-refractivity contribution in [1.82, 2.24) is 0 Å². The molecule has 1 N–H and O–H groups in total. The van der Waals surface area contributed by atoms with Gasteiger partial charge in [0.2, 0.25) is 0 Å². The lowest BCUT2D eigenvalue weighted by molar-refractivity contribution is 0.474. The number of hydrogen-bond acceptors (Lipinski definition) is 2. The normalized spacial score (nSPS) is 10.3. The molecule has 6 heteroatoms. The van der Waals surface area contributed by atoms with Gasteiger partial charge < -0.3 is 5.11 Å². The fourth-order valence-corrected chi connectivity index (χ4v) is 1.49. The topological polar surface area (TPSA) is 69.0 Å². The van der Waals surface area contributed by atoms with Crippen molar-refractivity contribution in [2.45, 2.75) is 0 Å². The van der Waals surface area contributed by atoms with Gasteiger partial charge in [-0.1, -0.05) is 40.5 Å². The van der Waals surface area contributed by atoms with Gasteiger partial charge in [0.15, 0.2) is 0 Å². The molecule has 0 aliphatic carbocycles. The van der Waals surface area contributed by atoms with E-state index >= 15 is 0 Å². The summed E-state index contributed by atoms with van der Waals surface area (Å²) in [6, 6.07) is 3.01. The van der Waals surface area contributed by atoms with E-state index < -0.39 is 0 Å². The van der Waals surface area contributed by atoms with Gasteiger partial charge in [-0.15, -0.1) is 0 Å². The second kappa shape index (κ2) is 5.51. The van der Waals surface area contributed by atoms with Crippen molar-refractivity contribution in [3.05, 3.63) is 44.3 Å². The molecule has 1 aromatic carbocycles. The number of azide groups is 1. The Kier molecular flexibility index (Phi) is 4.31. The summed E-state index contributed by atoms with van der Waals surface area (Å²) < 4.78 is 0. The predicted molar refractivity (Wildman–Crippen MR) is 61.2 cm³/mol. The summed E-state index contributed by atoms with van der Waals surface area (Å²) in [6.45, 7) is 0.208. The third-order valence-corrected chi connectivity index (χ3v) is 2.11. The minimum atomic E-state index is -0.0433. The molecule has 0 saturated carbocycles. The van der Waals surface area contributed by atoms with Crippen LogP contribution in [0.15, 0.2) is 23.3 Å². The Labute approximate surface area is 96.4 Å². The summed E-state index contributed by atoms with van der Waals surface area (Å²) in [5.41, 5.74) is 8.53. The lowest BCUT2D eigenvalue weighted by atomic mass is 10.2. The van der Waals surface area contributed by atoms with E-state index in [0.29, 0.717) is 10.6 Å². The van der Waals surface area contributed by atoms with E-state index in [1.54, 1.807) is 18.2 Å². The van der Waals surface area contributed by atoms with Crippen molar-refractivity contribution in [3.63, 3.8) is 0 Å². The standard InChI is InChI=1S/C9H7Cl2N3O/c10-7-4-6(2-1-3-13-14-12)9(15)8(11)5-7/h1-2,4-5,15H,3H2. The molecule has 1 rings (SSSR count). The summed E-state index contributed by atoms with van der Waals surface area (Å²) in [5, 5.41) is 13.5. The maximum atomic E-state index is 9.53. The van der Waals surface area contributed by atoms with Gasteiger partial charge in [0, 0.05) is 22.0 Å². The van der Waals surface area contributed by atoms with Gasteiger partial charge >= 0.3 is 0 Å². The van der Waals surface area contributed by atoms with E-state index in [1.165, 1.54) is 6.07 Å². The van der Waals surface area contributed by atoms with E-state index in [0.717, 1.165) is 0 Å². The summed E-state index contributed by atoms with van der Waals surface area (Å²) in [7, 11) is 0. The monoisotopic (exact) mass is 243 g/mol. The Morgan fingerprint density at radius 1 is 1.47 bits per heavy atom. The Hall–Kier alpha value is -1.35. The highest BCUT2D eigenvalue weighted by atomic mass is 35.5. The molecule has 0 saturated heterocycles. The molecule has 4 nitrogen and oxygen atoms in total. The largest absolute Gasteiger partial charge is 0.506 e. The van der Waals surface area contributed by atoms with Crippen molar-refractivity contribution < 1.29 is 5.11 Å². The average Bonchev–Trinajstić information content (AvgIpc) is 2.19. The van der Waals surface area contributed by atoms with Crippen molar-refractivity contribution in [2.75, 3.05) is 6.54 Å². The van der Waals surface area contributed by atoms with Gasteiger partial charge in [0.25, 0.3) is 0 Å². The molecule has 0 heterocycles. The van der Waals surface area contributed by atoms with Crippen LogP contribution in [0, 0.1) is 0 Å². The molecule has 0 aliphatic heterocycles. The third-order valence-electron chi connectivity index (χ3n) is 1.61. The minimum absolute atomic E-state index is 0.0433. The van der Waals surface area contributed by atoms with Gasteiger partial charge in [0.05, 0.1) is 5.02 Å². The van der Waals surface area contributed by atoms with Crippen LogP contribution in [0.3, 0.4) is 0 Å².